The first-order chi connectivity index (χ1) is 19.1. The molecular formula is C32H64O8. The molecule has 0 aliphatic rings. The zero-order valence-corrected chi connectivity index (χ0v) is 26.9. The monoisotopic (exact) mass is 576 g/mol. The van der Waals surface area contributed by atoms with Crippen LogP contribution in [0.1, 0.15) is 106 Å². The minimum Gasteiger partial charge on any atom is -0.466 e. The van der Waals surface area contributed by atoms with Crippen LogP contribution < -0.4 is 0 Å². The Kier molecular flexibility index (Phi) is 37.9. The second-order valence-corrected chi connectivity index (χ2v) is 9.81. The number of aliphatic hydroxyl groups is 4. The lowest BCUT2D eigenvalue weighted by Crippen LogP contribution is -2.24. The highest BCUT2D eigenvalue weighted by Crippen LogP contribution is 2.25. The van der Waals surface area contributed by atoms with Crippen LogP contribution >= 0.6 is 0 Å². The maximum absolute atomic E-state index is 11.0. The number of hydrogen-bond donors (Lipinski definition) is 4. The van der Waals surface area contributed by atoms with E-state index in [2.05, 4.69) is 59.4 Å². The molecule has 0 fully saturated rings. The summed E-state index contributed by atoms with van der Waals surface area (Å²) in [6, 6.07) is 0. The number of esters is 2. The van der Waals surface area contributed by atoms with Gasteiger partial charge in [0.15, 0.2) is 0 Å². The highest BCUT2D eigenvalue weighted by atomic mass is 16.5. The van der Waals surface area contributed by atoms with Crippen LogP contribution in [0.3, 0.4) is 0 Å². The topological polar surface area (TPSA) is 134 Å². The predicted molar refractivity (Wildman–Crippen MR) is 165 cm³/mol. The van der Waals surface area contributed by atoms with Gasteiger partial charge in [-0.2, -0.15) is 0 Å². The summed E-state index contributed by atoms with van der Waals surface area (Å²) in [5, 5.41) is 36.0. The number of hydrogen-bond acceptors (Lipinski definition) is 8. The SMILES string of the molecule is C=CC(=O)OC.C=CC(=O)OCC(CC)CC(CC)C(O)CCC.CCCC(O)C(CC)CC(CC)CO.CO. The standard InChI is InChI=1S/C15H28O3.C12H26O2.C4H6O2.CH4O/c1-5-9-14(16)13(7-3)10-12(6-2)11-18-15(17)8-4;1-4-7-12(14)11(6-3)8-10(5-2)9-13;1-3-4(5)6-2;1-2/h8,12-14,16H,4-7,9-11H2,1-3H3;10-14H,4-9H2,1-3H3;3H,1H2,2H3;2H,1H3. The highest BCUT2D eigenvalue weighted by Gasteiger charge is 2.22. The molecule has 0 rings (SSSR count). The summed E-state index contributed by atoms with van der Waals surface area (Å²) < 4.78 is 9.23. The zero-order valence-electron chi connectivity index (χ0n) is 26.9. The van der Waals surface area contributed by atoms with E-state index in [1.807, 2.05) is 0 Å². The van der Waals surface area contributed by atoms with Gasteiger partial charge in [0.1, 0.15) is 0 Å². The van der Waals surface area contributed by atoms with Crippen LogP contribution in [0.25, 0.3) is 0 Å². The molecule has 6 unspecified atom stereocenters. The Morgan fingerprint density at radius 2 is 1.12 bits per heavy atom. The Hall–Kier alpha value is -1.74. The van der Waals surface area contributed by atoms with Gasteiger partial charge in [0.05, 0.1) is 25.9 Å². The molecule has 0 bridgehead atoms. The predicted octanol–water partition coefficient (Wildman–Crippen LogP) is 5.86. The van der Waals surface area contributed by atoms with Crippen LogP contribution in [0.4, 0.5) is 0 Å². The molecule has 0 saturated heterocycles. The van der Waals surface area contributed by atoms with E-state index in [0.717, 1.165) is 77.4 Å². The fourth-order valence-electron chi connectivity index (χ4n) is 4.18. The van der Waals surface area contributed by atoms with Crippen LogP contribution in [-0.4, -0.2) is 72.0 Å². The van der Waals surface area contributed by atoms with Crippen LogP contribution in [0.5, 0.6) is 0 Å². The molecule has 240 valence electrons. The van der Waals surface area contributed by atoms with Crippen LogP contribution in [0, 0.1) is 23.7 Å². The molecule has 40 heavy (non-hydrogen) atoms. The van der Waals surface area contributed by atoms with Gasteiger partial charge in [-0.05, 0) is 49.4 Å². The summed E-state index contributed by atoms with van der Waals surface area (Å²) in [7, 11) is 2.31. The van der Waals surface area contributed by atoms with Gasteiger partial charge in [-0.15, -0.1) is 0 Å². The third kappa shape index (κ3) is 26.5. The van der Waals surface area contributed by atoms with Crippen molar-refractivity contribution in [2.24, 2.45) is 23.7 Å². The molecule has 0 heterocycles. The molecule has 0 amide bonds. The number of rotatable bonds is 19. The van der Waals surface area contributed by atoms with Crippen molar-refractivity contribution in [1.29, 1.82) is 0 Å². The van der Waals surface area contributed by atoms with E-state index in [-0.39, 0.29) is 24.8 Å². The van der Waals surface area contributed by atoms with Crippen molar-refractivity contribution in [3.8, 4) is 0 Å². The Morgan fingerprint density at radius 1 is 0.725 bits per heavy atom. The molecule has 0 spiro atoms. The van der Waals surface area contributed by atoms with Crippen molar-refractivity contribution in [3.05, 3.63) is 25.3 Å². The summed E-state index contributed by atoms with van der Waals surface area (Å²) in [5.41, 5.74) is 0. The molecule has 0 aliphatic carbocycles. The Bertz CT molecular complexity index is 577. The number of aliphatic hydroxyl groups excluding tert-OH is 4. The Morgan fingerprint density at radius 3 is 1.38 bits per heavy atom. The minimum absolute atomic E-state index is 0.175. The molecular weight excluding hydrogens is 512 g/mol. The van der Waals surface area contributed by atoms with Crippen LogP contribution in [0.2, 0.25) is 0 Å². The fourth-order valence-corrected chi connectivity index (χ4v) is 4.18. The van der Waals surface area contributed by atoms with Crippen molar-refractivity contribution >= 4 is 11.9 Å². The number of carbonyl (C=O) groups excluding carboxylic acids is 2. The molecule has 6 atom stereocenters. The largest absolute Gasteiger partial charge is 0.466 e. The van der Waals surface area contributed by atoms with E-state index in [1.54, 1.807) is 0 Å². The molecule has 0 saturated carbocycles. The lowest BCUT2D eigenvalue weighted by atomic mass is 9.86. The van der Waals surface area contributed by atoms with E-state index in [9.17, 15) is 19.8 Å². The summed E-state index contributed by atoms with van der Waals surface area (Å²) in [5.74, 6) is 0.604. The zero-order chi connectivity index (χ0) is 31.9. The first kappa shape index (κ1) is 45.3. The molecule has 0 radical (unpaired) electrons. The fraction of sp³-hybridized carbons (Fsp3) is 0.812. The van der Waals surface area contributed by atoms with E-state index in [1.165, 1.54) is 13.2 Å². The summed E-state index contributed by atoms with van der Waals surface area (Å²) in [4.78, 5) is 20.9. The molecule has 0 aromatic carbocycles. The number of ether oxygens (including phenoxy) is 2. The van der Waals surface area contributed by atoms with Gasteiger partial charge in [-0.25, -0.2) is 9.59 Å². The van der Waals surface area contributed by atoms with Crippen molar-refractivity contribution < 1.29 is 39.5 Å². The maximum Gasteiger partial charge on any atom is 0.330 e. The van der Waals surface area contributed by atoms with E-state index >= 15 is 0 Å². The average Bonchev–Trinajstić information content (AvgIpc) is 2.99. The second kappa shape index (κ2) is 33.5. The Balaban J connectivity index is -0.000000260. The Labute approximate surface area is 245 Å². The molecule has 8 heteroatoms. The third-order valence-corrected chi connectivity index (χ3v) is 6.99. The van der Waals surface area contributed by atoms with Gasteiger partial charge in [0.2, 0.25) is 0 Å². The number of carbonyl (C=O) groups is 2. The summed E-state index contributed by atoms with van der Waals surface area (Å²) in [6.07, 6.45) is 11.5. The van der Waals surface area contributed by atoms with Crippen LogP contribution in [-0.2, 0) is 19.1 Å². The summed E-state index contributed by atoms with van der Waals surface area (Å²) in [6.45, 7) is 19.8. The van der Waals surface area contributed by atoms with Crippen molar-refractivity contribution in [1.82, 2.24) is 0 Å². The molecule has 8 nitrogen and oxygen atoms in total. The van der Waals surface area contributed by atoms with Gasteiger partial charge in [0, 0.05) is 25.9 Å². The van der Waals surface area contributed by atoms with Gasteiger partial charge in [-0.3, -0.25) is 0 Å². The minimum atomic E-state index is -0.394. The highest BCUT2D eigenvalue weighted by molar-refractivity contribution is 5.81. The van der Waals surface area contributed by atoms with E-state index < -0.39 is 5.97 Å². The van der Waals surface area contributed by atoms with Gasteiger partial charge in [0.25, 0.3) is 0 Å². The molecule has 0 aromatic heterocycles. The van der Waals surface area contributed by atoms with Crippen molar-refractivity contribution in [3.63, 3.8) is 0 Å². The van der Waals surface area contributed by atoms with Crippen molar-refractivity contribution in [2.75, 3.05) is 27.4 Å². The second-order valence-electron chi connectivity index (χ2n) is 9.81. The normalized spacial score (nSPS) is 14.5. The van der Waals surface area contributed by atoms with Gasteiger partial charge in [-0.1, -0.05) is 93.2 Å². The number of methoxy groups -OCH3 is 1. The molecule has 0 aromatic rings. The third-order valence-electron chi connectivity index (χ3n) is 6.99. The molecule has 0 aliphatic heterocycles. The molecule has 4 N–H and O–H groups in total. The summed E-state index contributed by atoms with van der Waals surface area (Å²) >= 11 is 0. The van der Waals surface area contributed by atoms with E-state index in [4.69, 9.17) is 14.9 Å². The van der Waals surface area contributed by atoms with Gasteiger partial charge < -0.3 is 29.9 Å². The van der Waals surface area contributed by atoms with Crippen LogP contribution in [0.15, 0.2) is 25.3 Å². The van der Waals surface area contributed by atoms with E-state index in [0.29, 0.717) is 30.3 Å². The maximum atomic E-state index is 11.0. The quantitative estimate of drug-likeness (QED) is 0.111. The lowest BCUT2D eigenvalue weighted by molar-refractivity contribution is -0.139. The smallest absolute Gasteiger partial charge is 0.330 e. The first-order valence-electron chi connectivity index (χ1n) is 15.0. The lowest BCUT2D eigenvalue weighted by Gasteiger charge is -2.25. The first-order valence-corrected chi connectivity index (χ1v) is 15.0. The average molecular weight is 577 g/mol. The van der Waals surface area contributed by atoms with Gasteiger partial charge >= 0.3 is 11.9 Å². The van der Waals surface area contributed by atoms with Crippen molar-refractivity contribution in [2.45, 2.75) is 118 Å².